The summed E-state index contributed by atoms with van der Waals surface area (Å²) < 4.78 is 5.64. The summed E-state index contributed by atoms with van der Waals surface area (Å²) in [7, 11) is 0. The Morgan fingerprint density at radius 1 is 1.30 bits per heavy atom. The highest BCUT2D eigenvalue weighted by Crippen LogP contribution is 2.19. The molecule has 0 spiro atoms. The number of hydrogen-bond donors (Lipinski definition) is 0. The number of Topliss-reactive ketones (excluding diaryl/α,β-unsaturated/α-hetero) is 1. The van der Waals surface area contributed by atoms with Gasteiger partial charge in [-0.1, -0.05) is 24.6 Å². The lowest BCUT2D eigenvalue weighted by molar-refractivity contribution is -0.131. The normalized spacial score (nSPS) is 15.1. The number of hydrogen-bond acceptors (Lipinski definition) is 6. The van der Waals surface area contributed by atoms with Crippen LogP contribution >= 0.6 is 11.6 Å². The van der Waals surface area contributed by atoms with Crippen LogP contribution in [-0.4, -0.2) is 62.6 Å². The highest BCUT2D eigenvalue weighted by Gasteiger charge is 2.22. The second kappa shape index (κ2) is 10.4. The Kier molecular flexibility index (Phi) is 7.70. The van der Waals surface area contributed by atoms with E-state index in [4.69, 9.17) is 16.3 Å². The molecule has 1 amide bonds. The molecule has 0 unspecified atom stereocenters. The average molecular weight is 432 g/mol. The number of benzene rings is 1. The smallest absolute Gasteiger partial charge is 0.246 e. The van der Waals surface area contributed by atoms with E-state index in [9.17, 15) is 9.59 Å². The van der Waals surface area contributed by atoms with Crippen molar-refractivity contribution < 1.29 is 14.3 Å². The third-order valence-electron chi connectivity index (χ3n) is 5.00. The van der Waals surface area contributed by atoms with Crippen LogP contribution in [0.1, 0.15) is 43.1 Å². The number of aryl methyl sites for hydroxylation is 1. The minimum Gasteiger partial charge on any atom is -0.370 e. The SMILES string of the molecule is CCC(=O)COC1CCN(C(=O)/C=C/c2ccc(Cl)cc2Cn2nnc(C)n2)CC1. The van der Waals surface area contributed by atoms with E-state index in [1.807, 2.05) is 19.1 Å². The number of carbonyl (C=O) groups excluding carboxylic acids is 2. The van der Waals surface area contributed by atoms with Gasteiger partial charge in [-0.2, -0.15) is 4.80 Å². The van der Waals surface area contributed by atoms with Crippen molar-refractivity contribution in [2.75, 3.05) is 19.7 Å². The largest absolute Gasteiger partial charge is 0.370 e. The molecule has 1 aliphatic rings. The Morgan fingerprint density at radius 2 is 2.07 bits per heavy atom. The van der Waals surface area contributed by atoms with Gasteiger partial charge in [0.15, 0.2) is 11.6 Å². The molecule has 160 valence electrons. The van der Waals surface area contributed by atoms with E-state index in [1.54, 1.807) is 30.0 Å². The number of piperidine rings is 1. The third kappa shape index (κ3) is 6.21. The van der Waals surface area contributed by atoms with E-state index < -0.39 is 0 Å². The maximum absolute atomic E-state index is 12.6. The van der Waals surface area contributed by atoms with Gasteiger partial charge in [0.2, 0.25) is 5.91 Å². The zero-order chi connectivity index (χ0) is 21.5. The fraction of sp³-hybridized carbons (Fsp3) is 0.476. The molecule has 1 fully saturated rings. The van der Waals surface area contributed by atoms with Gasteiger partial charge in [-0.05, 0) is 54.3 Å². The fourth-order valence-electron chi connectivity index (χ4n) is 3.24. The van der Waals surface area contributed by atoms with Crippen LogP contribution in [0, 0.1) is 6.92 Å². The number of nitrogens with zero attached hydrogens (tertiary/aromatic N) is 5. The molecule has 0 aliphatic carbocycles. The van der Waals surface area contributed by atoms with Crippen LogP contribution in [0.5, 0.6) is 0 Å². The predicted octanol–water partition coefficient (Wildman–Crippen LogP) is 2.68. The highest BCUT2D eigenvalue weighted by atomic mass is 35.5. The van der Waals surface area contributed by atoms with E-state index >= 15 is 0 Å². The predicted molar refractivity (Wildman–Crippen MR) is 113 cm³/mol. The lowest BCUT2D eigenvalue weighted by Gasteiger charge is -2.31. The monoisotopic (exact) mass is 431 g/mol. The molecule has 0 bridgehead atoms. The van der Waals surface area contributed by atoms with Crippen LogP contribution in [0.15, 0.2) is 24.3 Å². The van der Waals surface area contributed by atoms with Gasteiger partial charge in [0.25, 0.3) is 0 Å². The first-order valence-electron chi connectivity index (χ1n) is 10.1. The molecule has 1 saturated heterocycles. The van der Waals surface area contributed by atoms with Crippen LogP contribution in [0.4, 0.5) is 0 Å². The summed E-state index contributed by atoms with van der Waals surface area (Å²) in [5.41, 5.74) is 1.77. The van der Waals surface area contributed by atoms with Crippen molar-refractivity contribution in [1.82, 2.24) is 25.1 Å². The minimum absolute atomic E-state index is 0.0371. The van der Waals surface area contributed by atoms with E-state index in [0.717, 1.165) is 24.0 Å². The first kappa shape index (κ1) is 22.1. The van der Waals surface area contributed by atoms with Crippen molar-refractivity contribution in [2.24, 2.45) is 0 Å². The molecule has 2 aromatic rings. The van der Waals surface area contributed by atoms with Gasteiger partial charge in [-0.3, -0.25) is 9.59 Å². The maximum atomic E-state index is 12.6. The van der Waals surface area contributed by atoms with Crippen LogP contribution < -0.4 is 0 Å². The number of tetrazole rings is 1. The summed E-state index contributed by atoms with van der Waals surface area (Å²) in [6, 6.07) is 5.50. The molecule has 1 aliphatic heterocycles. The standard InChI is InChI=1S/C21H26ClN5O3/c1-3-19(28)14-30-20-8-10-26(11-9-20)21(29)7-5-16-4-6-18(22)12-17(16)13-27-24-15(2)23-25-27/h4-7,12,20H,3,8-11,13-14H2,1-2H3/b7-5+. The van der Waals surface area contributed by atoms with E-state index in [-0.39, 0.29) is 24.4 Å². The molecule has 0 atom stereocenters. The second-order valence-electron chi connectivity index (χ2n) is 7.27. The second-order valence-corrected chi connectivity index (χ2v) is 7.71. The van der Waals surface area contributed by atoms with Crippen molar-refractivity contribution in [3.8, 4) is 0 Å². The summed E-state index contributed by atoms with van der Waals surface area (Å²) in [4.78, 5) is 27.3. The molecule has 0 saturated carbocycles. The summed E-state index contributed by atoms with van der Waals surface area (Å²) >= 11 is 6.14. The van der Waals surface area contributed by atoms with Crippen molar-refractivity contribution in [3.05, 3.63) is 46.2 Å². The Hall–Kier alpha value is -2.58. The van der Waals surface area contributed by atoms with Gasteiger partial charge in [-0.25, -0.2) is 0 Å². The van der Waals surface area contributed by atoms with Crippen LogP contribution in [0.2, 0.25) is 5.02 Å². The molecule has 3 rings (SSSR count). The number of rotatable bonds is 8. The fourth-order valence-corrected chi connectivity index (χ4v) is 3.43. The van der Waals surface area contributed by atoms with Gasteiger partial charge in [0, 0.05) is 30.6 Å². The van der Waals surface area contributed by atoms with Gasteiger partial charge >= 0.3 is 0 Å². The summed E-state index contributed by atoms with van der Waals surface area (Å²) in [6.07, 6.45) is 5.37. The topological polar surface area (TPSA) is 90.2 Å². The van der Waals surface area contributed by atoms with Gasteiger partial charge in [0.05, 0.1) is 12.6 Å². The zero-order valence-electron chi connectivity index (χ0n) is 17.3. The number of carbonyl (C=O) groups is 2. The van der Waals surface area contributed by atoms with E-state index in [0.29, 0.717) is 36.9 Å². The Morgan fingerprint density at radius 3 is 2.73 bits per heavy atom. The molecule has 1 aromatic carbocycles. The Bertz CT molecular complexity index is 919. The van der Waals surface area contributed by atoms with Crippen molar-refractivity contribution in [3.63, 3.8) is 0 Å². The molecule has 0 N–H and O–H groups in total. The molecule has 9 heteroatoms. The third-order valence-corrected chi connectivity index (χ3v) is 5.24. The van der Waals surface area contributed by atoms with E-state index in [1.165, 1.54) is 4.80 Å². The van der Waals surface area contributed by atoms with Crippen molar-refractivity contribution >= 4 is 29.4 Å². The quantitative estimate of drug-likeness (QED) is 0.597. The number of likely N-dealkylation sites (tertiary alicyclic amines) is 1. The number of halogens is 1. The number of aromatic nitrogens is 4. The molecule has 30 heavy (non-hydrogen) atoms. The summed E-state index contributed by atoms with van der Waals surface area (Å²) in [5.74, 6) is 0.649. The first-order chi connectivity index (χ1) is 14.4. The molecule has 8 nitrogen and oxygen atoms in total. The Balaban J connectivity index is 1.58. The molecule has 0 radical (unpaired) electrons. The minimum atomic E-state index is -0.0475. The van der Waals surface area contributed by atoms with Gasteiger partial charge in [0.1, 0.15) is 6.61 Å². The zero-order valence-corrected chi connectivity index (χ0v) is 18.0. The van der Waals surface area contributed by atoms with Gasteiger partial charge < -0.3 is 9.64 Å². The molecular formula is C21H26ClN5O3. The summed E-state index contributed by atoms with van der Waals surface area (Å²) in [6.45, 7) is 5.41. The van der Waals surface area contributed by atoms with Crippen molar-refractivity contribution in [2.45, 2.75) is 45.8 Å². The van der Waals surface area contributed by atoms with Crippen LogP contribution in [0.25, 0.3) is 6.08 Å². The number of ether oxygens (including phenoxy) is 1. The average Bonchev–Trinajstić information content (AvgIpc) is 3.16. The highest BCUT2D eigenvalue weighted by molar-refractivity contribution is 6.30. The molecular weight excluding hydrogens is 406 g/mol. The van der Waals surface area contributed by atoms with Gasteiger partial charge in [-0.15, -0.1) is 10.2 Å². The van der Waals surface area contributed by atoms with E-state index in [2.05, 4.69) is 15.4 Å². The molecule has 2 heterocycles. The molecule has 1 aromatic heterocycles. The van der Waals surface area contributed by atoms with Crippen LogP contribution in [0.3, 0.4) is 0 Å². The number of ketones is 1. The first-order valence-corrected chi connectivity index (χ1v) is 10.5. The number of amides is 1. The van der Waals surface area contributed by atoms with Crippen LogP contribution in [-0.2, 0) is 20.9 Å². The lowest BCUT2D eigenvalue weighted by Crippen LogP contribution is -2.40. The van der Waals surface area contributed by atoms with Crippen molar-refractivity contribution in [1.29, 1.82) is 0 Å². The lowest BCUT2D eigenvalue weighted by atomic mass is 10.1. The maximum Gasteiger partial charge on any atom is 0.246 e. The summed E-state index contributed by atoms with van der Waals surface area (Å²) in [5, 5.41) is 12.7. The Labute approximate surface area is 180 Å².